The number of benzene rings is 4. The van der Waals surface area contributed by atoms with Crippen LogP contribution in [0.25, 0.3) is 16.6 Å². The number of carbonyl (C=O) groups excluding carboxylic acids is 5. The van der Waals surface area contributed by atoms with Crippen molar-refractivity contribution < 1.29 is 46.8 Å². The van der Waals surface area contributed by atoms with E-state index in [0.29, 0.717) is 54.8 Å². The Bertz CT molecular complexity index is 3880. The largest absolute Gasteiger partial charge is 0.455 e. The Morgan fingerprint density at radius 3 is 2.47 bits per heavy atom. The van der Waals surface area contributed by atoms with Gasteiger partial charge in [-0.2, -0.15) is 0 Å². The third-order valence-corrected chi connectivity index (χ3v) is 18.3. The Morgan fingerprint density at radius 1 is 0.907 bits per heavy atom. The molecule has 1 atom stereocenters. The van der Waals surface area contributed by atoms with Crippen LogP contribution in [-0.4, -0.2) is 146 Å². The molecule has 4 aromatic carbocycles. The molecule has 3 saturated heterocycles. The lowest BCUT2D eigenvalue weighted by Crippen LogP contribution is -2.54. The molecule has 1 unspecified atom stereocenters. The van der Waals surface area contributed by atoms with E-state index in [2.05, 4.69) is 77.8 Å². The number of hydrogen-bond acceptors (Lipinski definition) is 16. The average Bonchev–Trinajstić information content (AvgIpc) is 2.05. The van der Waals surface area contributed by atoms with Gasteiger partial charge in [0.1, 0.15) is 35.5 Å². The van der Waals surface area contributed by atoms with Gasteiger partial charge in [0.05, 0.1) is 39.3 Å². The summed E-state index contributed by atoms with van der Waals surface area (Å²) in [6, 6.07) is 23.9. The highest BCUT2D eigenvalue weighted by Crippen LogP contribution is 2.44. The third kappa shape index (κ3) is 13.3. The van der Waals surface area contributed by atoms with Crippen molar-refractivity contribution in [1.29, 1.82) is 0 Å². The van der Waals surface area contributed by atoms with Crippen molar-refractivity contribution >= 4 is 84.8 Å². The molecule has 86 heavy (non-hydrogen) atoms. The molecule has 0 spiro atoms. The van der Waals surface area contributed by atoms with E-state index >= 15 is 0 Å². The van der Waals surface area contributed by atoms with E-state index in [4.69, 9.17) is 21.1 Å². The monoisotopic (exact) mass is 1200 g/mol. The number of sulfonamides is 1. The highest BCUT2D eigenvalue weighted by Gasteiger charge is 2.45. The predicted octanol–water partition coefficient (Wildman–Crippen LogP) is 8.41. The fourth-order valence-electron chi connectivity index (χ4n) is 11.9. The van der Waals surface area contributed by atoms with E-state index in [1.807, 2.05) is 18.2 Å². The number of allylic oxidation sites excluding steroid dienone is 1. The first-order valence-electron chi connectivity index (χ1n) is 28.8. The number of piperidine rings is 2. The summed E-state index contributed by atoms with van der Waals surface area (Å²) in [6.45, 7) is 11.4. The minimum atomic E-state index is -4.65. The summed E-state index contributed by atoms with van der Waals surface area (Å²) >= 11 is 6.27. The smallest absolute Gasteiger partial charge is 0.293 e. The van der Waals surface area contributed by atoms with E-state index in [-0.39, 0.29) is 58.9 Å². The van der Waals surface area contributed by atoms with Crippen LogP contribution in [0.1, 0.15) is 101 Å². The lowest BCUT2D eigenvalue weighted by molar-refractivity contribution is -0.384. The van der Waals surface area contributed by atoms with E-state index in [9.17, 15) is 42.5 Å². The molecule has 0 radical (unpaired) electrons. The molecule has 0 saturated carbocycles. The van der Waals surface area contributed by atoms with Crippen molar-refractivity contribution in [2.45, 2.75) is 69.7 Å². The first-order chi connectivity index (χ1) is 41.4. The van der Waals surface area contributed by atoms with Crippen LogP contribution in [0.4, 0.5) is 17.1 Å². The zero-order valence-corrected chi connectivity index (χ0v) is 49.2. The number of anilines is 2. The van der Waals surface area contributed by atoms with Crippen LogP contribution in [0.15, 0.2) is 114 Å². The number of piperazine rings is 1. The molecule has 6 heterocycles. The van der Waals surface area contributed by atoms with Crippen molar-refractivity contribution in [2.75, 3.05) is 82.3 Å². The maximum atomic E-state index is 14.1. The number of fused-ring (bicyclic) bond motifs is 2. The molecule has 23 heteroatoms. The summed E-state index contributed by atoms with van der Waals surface area (Å²) < 4.78 is 42.2. The Kier molecular flexibility index (Phi) is 17.4. The summed E-state index contributed by atoms with van der Waals surface area (Å²) in [6.07, 6.45) is 8.03. The summed E-state index contributed by atoms with van der Waals surface area (Å²) in [5.41, 5.74) is 5.87. The van der Waals surface area contributed by atoms with Crippen molar-refractivity contribution in [1.82, 2.24) is 34.7 Å². The Hall–Kier alpha value is -8.46. The van der Waals surface area contributed by atoms with Crippen LogP contribution in [0.5, 0.6) is 11.5 Å². The van der Waals surface area contributed by atoms with Crippen molar-refractivity contribution in [2.24, 2.45) is 11.3 Å². The standard InChI is InChI=1S/C63H65ClN10O11S/c1-63(2)22-18-44(51(36-63)41-8-10-45(64)11-9-41)39-71-26-28-72(29-27-71)46-12-14-49(55(34-46)85-47-33-43-19-23-65-58(43)67-38-47)59(76)69-86(82,83)48-13-15-52(54(35-48)74(80)81)66-37-40-20-24-70(25-21-40)30-32-84-31-4-6-42-5-3-7-50-57(42)62(79)73(61(50)78)53-16-17-56(75)68-60(53)77/h3,5,7-15,19,23,33-35,38,40,53,66H,16-18,20-22,24-32,36-37,39H2,1-2H3,(H,65,67)(H,69,76)(H,68,75,77). The number of H-pyrrole nitrogens is 1. The zero-order chi connectivity index (χ0) is 60.3. The van der Waals surface area contributed by atoms with Crippen LogP contribution < -0.4 is 25.0 Å². The molecular weight excluding hydrogens is 1140 g/mol. The Balaban J connectivity index is 0.681. The molecule has 2 aromatic heterocycles. The average molecular weight is 1210 g/mol. The number of ether oxygens (including phenoxy) is 2. The second-order valence-electron chi connectivity index (χ2n) is 23.1. The SMILES string of the molecule is CC1(C)CCC(CN2CCN(c3ccc(C(=O)NS(=O)(=O)c4ccc(NCC5CCN(CCOCC#Cc6cccc7c6C(=O)N(C6CCC(=O)NC6=O)C7=O)CC5)c([N+](=O)[O-])c4)c(Oc4cnc5[nH]ccc5c4)c3)CC2)=C(c2ccc(Cl)cc2)C1. The van der Waals surface area contributed by atoms with Gasteiger partial charge < -0.3 is 29.6 Å². The quantitative estimate of drug-likeness (QED) is 0.0207. The van der Waals surface area contributed by atoms with Crippen LogP contribution in [0.2, 0.25) is 5.02 Å². The van der Waals surface area contributed by atoms with E-state index in [1.54, 1.807) is 36.5 Å². The summed E-state index contributed by atoms with van der Waals surface area (Å²) in [7, 11) is -4.65. The number of nitro benzene ring substituents is 1. The summed E-state index contributed by atoms with van der Waals surface area (Å²) in [5.74, 6) is 3.06. The summed E-state index contributed by atoms with van der Waals surface area (Å²) in [4.78, 5) is 91.5. The highest BCUT2D eigenvalue weighted by molar-refractivity contribution is 7.90. The van der Waals surface area contributed by atoms with E-state index < -0.39 is 61.1 Å². The molecule has 11 rings (SSSR count). The van der Waals surface area contributed by atoms with Gasteiger partial charge in [-0.15, -0.1) is 0 Å². The number of imide groups is 2. The topological polar surface area (TPSA) is 259 Å². The zero-order valence-electron chi connectivity index (χ0n) is 47.7. The molecule has 5 amide bonds. The number of pyridine rings is 1. The van der Waals surface area contributed by atoms with Gasteiger partial charge in [-0.05, 0) is 135 Å². The van der Waals surface area contributed by atoms with Gasteiger partial charge in [0.15, 0.2) is 0 Å². The van der Waals surface area contributed by atoms with Crippen molar-refractivity contribution in [3.63, 3.8) is 0 Å². The number of hydrogen-bond donors (Lipinski definition) is 4. The van der Waals surface area contributed by atoms with Crippen LogP contribution in [0.3, 0.4) is 0 Å². The molecule has 4 aliphatic heterocycles. The lowest BCUT2D eigenvalue weighted by atomic mass is 9.72. The molecule has 446 valence electrons. The maximum Gasteiger partial charge on any atom is 0.293 e. The molecular formula is C63H65ClN10O11S. The second-order valence-corrected chi connectivity index (χ2v) is 25.2. The predicted molar refractivity (Wildman–Crippen MR) is 323 cm³/mol. The fraction of sp³-hybridized carbons (Fsp3) is 0.365. The summed E-state index contributed by atoms with van der Waals surface area (Å²) in [5, 5.41) is 19.3. The minimum absolute atomic E-state index is 0.0200. The van der Waals surface area contributed by atoms with Gasteiger partial charge in [0.2, 0.25) is 11.8 Å². The molecule has 6 aromatic rings. The maximum absolute atomic E-state index is 14.1. The fourth-order valence-corrected chi connectivity index (χ4v) is 13.0. The number of nitrogens with one attached hydrogen (secondary N) is 4. The highest BCUT2D eigenvalue weighted by atomic mass is 35.5. The first-order valence-corrected chi connectivity index (χ1v) is 30.6. The van der Waals surface area contributed by atoms with Crippen LogP contribution >= 0.6 is 11.6 Å². The molecule has 21 nitrogen and oxygen atoms in total. The number of rotatable bonds is 18. The number of amides is 5. The molecule has 1 aliphatic carbocycles. The Labute approximate surface area is 502 Å². The van der Waals surface area contributed by atoms with Gasteiger partial charge >= 0.3 is 0 Å². The normalized spacial score (nSPS) is 18.6. The number of carbonyl (C=O) groups is 5. The lowest BCUT2D eigenvalue weighted by Gasteiger charge is -2.39. The Morgan fingerprint density at radius 2 is 1.70 bits per heavy atom. The number of halogens is 1. The molecule has 3 fully saturated rings. The van der Waals surface area contributed by atoms with Crippen LogP contribution in [0, 0.1) is 33.3 Å². The number of nitrogens with zero attached hydrogens (tertiary/aromatic N) is 6. The minimum Gasteiger partial charge on any atom is -0.455 e. The number of aromatic nitrogens is 2. The number of nitro groups is 1. The van der Waals surface area contributed by atoms with Crippen molar-refractivity contribution in [3.05, 3.63) is 152 Å². The first kappa shape index (κ1) is 59.3. The van der Waals surface area contributed by atoms with E-state index in [1.165, 1.54) is 47.2 Å². The third-order valence-electron chi connectivity index (χ3n) is 16.8. The van der Waals surface area contributed by atoms with E-state index in [0.717, 1.165) is 86.9 Å². The molecule has 4 N–H and O–H groups in total. The molecule has 5 aliphatic rings. The van der Waals surface area contributed by atoms with Gasteiger partial charge in [-0.1, -0.05) is 61.1 Å². The van der Waals surface area contributed by atoms with Gasteiger partial charge in [-0.25, -0.2) is 18.1 Å². The number of aromatic amines is 1. The van der Waals surface area contributed by atoms with Gasteiger partial charge in [0.25, 0.3) is 33.4 Å². The van der Waals surface area contributed by atoms with Crippen LogP contribution in [-0.2, 0) is 24.3 Å². The van der Waals surface area contributed by atoms with Crippen molar-refractivity contribution in [3.8, 4) is 23.3 Å². The van der Waals surface area contributed by atoms with Gasteiger partial charge in [-0.3, -0.25) is 49.2 Å². The second kappa shape index (κ2) is 25.2. The van der Waals surface area contributed by atoms with Gasteiger partial charge in [0, 0.05) is 92.2 Å². The number of likely N-dealkylation sites (tertiary alicyclic amines) is 1. The molecule has 0 bridgehead atoms.